The van der Waals surface area contributed by atoms with Gasteiger partial charge in [-0.05, 0) is 19.3 Å². The van der Waals surface area contributed by atoms with Crippen molar-refractivity contribution in [1.82, 2.24) is 0 Å². The molecule has 90 valence electrons. The van der Waals surface area contributed by atoms with Gasteiger partial charge in [0.25, 0.3) is 0 Å². The van der Waals surface area contributed by atoms with Crippen molar-refractivity contribution in [3.05, 3.63) is 12.7 Å². The van der Waals surface area contributed by atoms with Gasteiger partial charge < -0.3 is 14.6 Å². The van der Waals surface area contributed by atoms with Crippen LogP contribution in [0.15, 0.2) is 12.7 Å². The fourth-order valence-electron chi connectivity index (χ4n) is 3.39. The number of rotatable bonds is 1. The Balaban J connectivity index is 1.78. The van der Waals surface area contributed by atoms with Gasteiger partial charge in [0.05, 0.1) is 12.2 Å². The minimum Gasteiger partial charge on any atom is -0.390 e. The van der Waals surface area contributed by atoms with Crippen molar-refractivity contribution in [3.8, 4) is 0 Å². The molecule has 3 fully saturated rings. The number of fused-ring (bicyclic) bond motifs is 1. The molecule has 0 bridgehead atoms. The van der Waals surface area contributed by atoms with Crippen molar-refractivity contribution in [2.24, 2.45) is 5.92 Å². The molecule has 2 aliphatic carbocycles. The van der Waals surface area contributed by atoms with Crippen LogP contribution < -0.4 is 0 Å². The molecule has 0 radical (unpaired) electrons. The van der Waals surface area contributed by atoms with E-state index in [-0.39, 0.29) is 30.0 Å². The van der Waals surface area contributed by atoms with Crippen LogP contribution in [0, 0.1) is 5.92 Å². The first-order valence-corrected chi connectivity index (χ1v) is 6.40. The summed E-state index contributed by atoms with van der Waals surface area (Å²) in [6, 6.07) is 0. The molecule has 3 heteroatoms. The monoisotopic (exact) mass is 224 g/mol. The molecule has 2 saturated carbocycles. The highest BCUT2D eigenvalue weighted by Gasteiger charge is 2.56. The molecule has 16 heavy (non-hydrogen) atoms. The van der Waals surface area contributed by atoms with Crippen molar-refractivity contribution in [3.63, 3.8) is 0 Å². The van der Waals surface area contributed by atoms with E-state index in [1.54, 1.807) is 0 Å². The highest BCUT2D eigenvalue weighted by atomic mass is 16.8. The maximum atomic E-state index is 9.96. The molecule has 0 aromatic heterocycles. The van der Waals surface area contributed by atoms with Crippen LogP contribution in [0.2, 0.25) is 0 Å². The summed E-state index contributed by atoms with van der Waals surface area (Å²) in [6.45, 7) is 3.82. The second-order valence-electron chi connectivity index (χ2n) is 5.34. The molecule has 4 unspecified atom stereocenters. The molecule has 1 heterocycles. The summed E-state index contributed by atoms with van der Waals surface area (Å²) >= 11 is 0. The van der Waals surface area contributed by atoms with Crippen LogP contribution in [-0.4, -0.2) is 29.2 Å². The lowest BCUT2D eigenvalue weighted by molar-refractivity contribution is -0.208. The Morgan fingerprint density at radius 3 is 2.50 bits per heavy atom. The van der Waals surface area contributed by atoms with E-state index in [0.717, 1.165) is 19.3 Å². The van der Waals surface area contributed by atoms with Gasteiger partial charge in [-0.25, -0.2) is 0 Å². The van der Waals surface area contributed by atoms with Crippen LogP contribution in [0.25, 0.3) is 0 Å². The molecule has 0 amide bonds. The summed E-state index contributed by atoms with van der Waals surface area (Å²) in [5, 5.41) is 9.96. The van der Waals surface area contributed by atoms with Gasteiger partial charge in [-0.15, -0.1) is 6.58 Å². The third-order valence-electron chi connectivity index (χ3n) is 4.26. The number of hydrogen-bond acceptors (Lipinski definition) is 3. The summed E-state index contributed by atoms with van der Waals surface area (Å²) in [5.41, 5.74) is 0. The first-order chi connectivity index (χ1) is 7.74. The predicted octanol–water partition coefficient (Wildman–Crippen LogP) is 2.00. The lowest BCUT2D eigenvalue weighted by Gasteiger charge is -2.33. The minimum absolute atomic E-state index is 0.0330. The zero-order valence-corrected chi connectivity index (χ0v) is 9.60. The first-order valence-electron chi connectivity index (χ1n) is 6.40. The van der Waals surface area contributed by atoms with E-state index in [0.29, 0.717) is 0 Å². The van der Waals surface area contributed by atoms with Gasteiger partial charge in [0.1, 0.15) is 6.10 Å². The summed E-state index contributed by atoms with van der Waals surface area (Å²) in [7, 11) is 0. The molecule has 0 aromatic rings. The van der Waals surface area contributed by atoms with Crippen molar-refractivity contribution < 1.29 is 14.6 Å². The minimum atomic E-state index is -0.380. The van der Waals surface area contributed by atoms with Gasteiger partial charge in [0.15, 0.2) is 5.79 Å². The number of hydrogen-bond donors (Lipinski definition) is 1. The lowest BCUT2D eigenvalue weighted by Crippen LogP contribution is -2.35. The molecule has 1 spiro atoms. The van der Waals surface area contributed by atoms with E-state index in [2.05, 4.69) is 6.58 Å². The Bertz CT molecular complexity index is 283. The standard InChI is InChI=1S/C13H20O3/c1-2-9-8-10(14)12-11(9)15-13(16-12)6-4-3-5-7-13/h2,9-12,14H,1,3-8H2. The van der Waals surface area contributed by atoms with Gasteiger partial charge in [-0.1, -0.05) is 12.5 Å². The fraction of sp³-hybridized carbons (Fsp3) is 0.846. The molecule has 3 aliphatic rings. The van der Waals surface area contributed by atoms with E-state index in [4.69, 9.17) is 9.47 Å². The zero-order valence-electron chi connectivity index (χ0n) is 9.60. The highest BCUT2D eigenvalue weighted by Crippen LogP contribution is 2.47. The fourth-order valence-corrected chi connectivity index (χ4v) is 3.39. The van der Waals surface area contributed by atoms with Crippen molar-refractivity contribution in [2.75, 3.05) is 0 Å². The predicted molar refractivity (Wildman–Crippen MR) is 59.9 cm³/mol. The van der Waals surface area contributed by atoms with Gasteiger partial charge in [-0.3, -0.25) is 0 Å². The van der Waals surface area contributed by atoms with Crippen LogP contribution in [0.4, 0.5) is 0 Å². The summed E-state index contributed by atoms with van der Waals surface area (Å²) in [4.78, 5) is 0. The third kappa shape index (κ3) is 1.53. The van der Waals surface area contributed by atoms with E-state index in [1.807, 2.05) is 6.08 Å². The van der Waals surface area contributed by atoms with E-state index in [1.165, 1.54) is 19.3 Å². The Kier molecular flexibility index (Phi) is 2.57. The smallest absolute Gasteiger partial charge is 0.169 e. The molecular formula is C13H20O3. The second-order valence-corrected chi connectivity index (χ2v) is 5.34. The van der Waals surface area contributed by atoms with Crippen molar-refractivity contribution in [1.29, 1.82) is 0 Å². The van der Waals surface area contributed by atoms with Gasteiger partial charge in [-0.2, -0.15) is 0 Å². The maximum Gasteiger partial charge on any atom is 0.169 e. The molecule has 3 rings (SSSR count). The Labute approximate surface area is 96.4 Å². The topological polar surface area (TPSA) is 38.7 Å². The van der Waals surface area contributed by atoms with E-state index in [9.17, 15) is 5.11 Å². The average molecular weight is 224 g/mol. The molecular weight excluding hydrogens is 204 g/mol. The first kappa shape index (κ1) is 10.8. The molecule has 3 nitrogen and oxygen atoms in total. The number of aliphatic hydroxyl groups excluding tert-OH is 1. The highest BCUT2D eigenvalue weighted by molar-refractivity contribution is 5.05. The Morgan fingerprint density at radius 2 is 1.81 bits per heavy atom. The number of ether oxygens (including phenoxy) is 2. The number of aliphatic hydroxyl groups is 1. The van der Waals surface area contributed by atoms with Gasteiger partial charge >= 0.3 is 0 Å². The molecule has 1 aliphatic heterocycles. The zero-order chi connectivity index (χ0) is 11.2. The molecule has 4 atom stereocenters. The molecule has 1 N–H and O–H groups in total. The average Bonchev–Trinajstić information content (AvgIpc) is 2.78. The summed E-state index contributed by atoms with van der Waals surface area (Å²) < 4.78 is 12.2. The van der Waals surface area contributed by atoms with Crippen LogP contribution >= 0.6 is 0 Å². The van der Waals surface area contributed by atoms with Gasteiger partial charge in [0, 0.05) is 18.8 Å². The van der Waals surface area contributed by atoms with Crippen LogP contribution in [-0.2, 0) is 9.47 Å². The summed E-state index contributed by atoms with van der Waals surface area (Å²) in [5.74, 6) is -0.128. The normalized spacial score (nSPS) is 45.8. The Hall–Kier alpha value is -0.380. The molecule has 0 aromatic carbocycles. The van der Waals surface area contributed by atoms with Crippen LogP contribution in [0.5, 0.6) is 0 Å². The third-order valence-corrected chi connectivity index (χ3v) is 4.26. The second kappa shape index (κ2) is 3.83. The quantitative estimate of drug-likeness (QED) is 0.692. The maximum absolute atomic E-state index is 9.96. The Morgan fingerprint density at radius 1 is 1.12 bits per heavy atom. The SMILES string of the molecule is C=CC1CC(O)C2OC3(CCCCC3)OC12. The van der Waals surface area contributed by atoms with Gasteiger partial charge in [0.2, 0.25) is 0 Å². The van der Waals surface area contributed by atoms with Crippen molar-refractivity contribution >= 4 is 0 Å². The largest absolute Gasteiger partial charge is 0.390 e. The van der Waals surface area contributed by atoms with E-state index < -0.39 is 0 Å². The lowest BCUT2D eigenvalue weighted by atomic mass is 9.94. The summed E-state index contributed by atoms with van der Waals surface area (Å²) in [6.07, 6.45) is 7.75. The van der Waals surface area contributed by atoms with Crippen LogP contribution in [0.3, 0.4) is 0 Å². The van der Waals surface area contributed by atoms with Crippen LogP contribution in [0.1, 0.15) is 38.5 Å². The van der Waals surface area contributed by atoms with E-state index >= 15 is 0 Å². The van der Waals surface area contributed by atoms with Crippen molar-refractivity contribution in [2.45, 2.75) is 62.6 Å². The molecule has 1 saturated heterocycles.